The third-order valence-corrected chi connectivity index (χ3v) is 3.51. The Morgan fingerprint density at radius 3 is 1.46 bits per heavy atom. The Bertz CT molecular complexity index is 611. The van der Waals surface area contributed by atoms with Crippen LogP contribution < -0.4 is 0 Å². The first kappa shape index (κ1) is 20.9. The number of hydrogen-bond acceptors (Lipinski definition) is 0. The van der Waals surface area contributed by atoms with Gasteiger partial charge in [-0.3, -0.25) is 0 Å². The van der Waals surface area contributed by atoms with Crippen LogP contribution in [-0.2, 0) is 11.8 Å². The molecule has 0 fully saturated rings. The summed E-state index contributed by atoms with van der Waals surface area (Å²) in [7, 11) is 0. The molecule has 0 saturated carbocycles. The number of hydrogen-bond donors (Lipinski definition) is 0. The van der Waals surface area contributed by atoms with Crippen LogP contribution in [0.1, 0.15) is 11.1 Å². The molecule has 1 aromatic rings. The monoisotopic (exact) mass is 442 g/mol. The van der Waals surface area contributed by atoms with Crippen LogP contribution in [0.5, 0.6) is 0 Å². The van der Waals surface area contributed by atoms with Crippen molar-refractivity contribution in [1.82, 2.24) is 0 Å². The second kappa shape index (κ2) is 5.70. The van der Waals surface area contributed by atoms with Crippen LogP contribution in [0.4, 0.5) is 52.7 Å². The molecule has 1 unspecified atom stereocenters. The second-order valence-corrected chi connectivity index (χ2v) is 5.24. The Balaban J connectivity index is 3.98. The first-order valence-corrected chi connectivity index (χ1v) is 6.24. The average molecular weight is 443 g/mol. The van der Waals surface area contributed by atoms with Gasteiger partial charge in [0.25, 0.3) is 0 Å². The third kappa shape index (κ3) is 3.06. The Morgan fingerprint density at radius 2 is 1.12 bits per heavy atom. The Labute approximate surface area is 133 Å². The molecule has 0 amide bonds. The summed E-state index contributed by atoms with van der Waals surface area (Å²) in [6.45, 7) is 0. The van der Waals surface area contributed by atoms with Crippen LogP contribution in [0, 0.1) is 0 Å². The fourth-order valence-electron chi connectivity index (χ4n) is 1.79. The molecule has 0 heterocycles. The standard InChI is InChI=1S/C11H3BrF12/c12-5-3-1-2-4(6(5)8(14,15)16)7(13,10(19,20)21)9(17,18)11(22,23)24/h1-3H. The maximum absolute atomic E-state index is 14.2. The lowest BCUT2D eigenvalue weighted by molar-refractivity contribution is -0.389. The number of halogens is 13. The number of benzene rings is 1. The van der Waals surface area contributed by atoms with Crippen molar-refractivity contribution in [2.24, 2.45) is 0 Å². The van der Waals surface area contributed by atoms with Crippen LogP contribution in [-0.4, -0.2) is 18.3 Å². The minimum absolute atomic E-state index is 0.265. The SMILES string of the molecule is FC(F)(F)c1c(Br)cccc1C(F)(C(F)(F)F)C(F)(F)C(F)(F)F. The van der Waals surface area contributed by atoms with E-state index in [1.807, 2.05) is 0 Å². The molecule has 0 radical (unpaired) electrons. The summed E-state index contributed by atoms with van der Waals surface area (Å²) in [5.41, 5.74) is -12.2. The predicted molar refractivity (Wildman–Crippen MR) is 59.0 cm³/mol. The maximum atomic E-state index is 14.2. The lowest BCUT2D eigenvalue weighted by Crippen LogP contribution is -2.60. The Hall–Kier alpha value is -1.14. The molecule has 1 atom stereocenters. The van der Waals surface area contributed by atoms with Gasteiger partial charge in [0, 0.05) is 10.0 Å². The van der Waals surface area contributed by atoms with E-state index in [1.54, 1.807) is 0 Å². The van der Waals surface area contributed by atoms with Gasteiger partial charge < -0.3 is 0 Å². The molecule has 0 saturated heterocycles. The molecule has 0 aliphatic heterocycles. The van der Waals surface area contributed by atoms with Crippen molar-refractivity contribution in [1.29, 1.82) is 0 Å². The van der Waals surface area contributed by atoms with Gasteiger partial charge in [0.15, 0.2) is 0 Å². The van der Waals surface area contributed by atoms with Gasteiger partial charge in [-0.2, -0.15) is 48.3 Å². The van der Waals surface area contributed by atoms with Crippen molar-refractivity contribution in [3.8, 4) is 0 Å². The minimum Gasteiger partial charge on any atom is -0.221 e. The Morgan fingerprint density at radius 1 is 0.667 bits per heavy atom. The molecule has 0 aliphatic carbocycles. The molecule has 24 heavy (non-hydrogen) atoms. The summed E-state index contributed by atoms with van der Waals surface area (Å²) >= 11 is 2.08. The van der Waals surface area contributed by atoms with Crippen LogP contribution in [0.15, 0.2) is 22.7 Å². The molecular weight excluding hydrogens is 440 g/mol. The summed E-state index contributed by atoms with van der Waals surface area (Å²) in [4.78, 5) is 0. The topological polar surface area (TPSA) is 0 Å². The quantitative estimate of drug-likeness (QED) is 0.465. The molecule has 0 spiro atoms. The van der Waals surface area contributed by atoms with Gasteiger partial charge in [-0.25, -0.2) is 4.39 Å². The highest BCUT2D eigenvalue weighted by atomic mass is 79.9. The molecule has 0 aliphatic rings. The summed E-state index contributed by atoms with van der Waals surface area (Å²) < 4.78 is 153. The molecule has 1 aromatic carbocycles. The van der Waals surface area contributed by atoms with E-state index in [9.17, 15) is 52.7 Å². The van der Waals surface area contributed by atoms with Crippen molar-refractivity contribution >= 4 is 15.9 Å². The largest absolute Gasteiger partial charge is 0.457 e. The molecule has 138 valence electrons. The van der Waals surface area contributed by atoms with E-state index >= 15 is 0 Å². The minimum atomic E-state index is -7.18. The van der Waals surface area contributed by atoms with Gasteiger partial charge in [-0.1, -0.05) is 28.1 Å². The molecule has 0 aromatic heterocycles. The van der Waals surface area contributed by atoms with E-state index in [4.69, 9.17) is 0 Å². The van der Waals surface area contributed by atoms with Crippen molar-refractivity contribution in [2.45, 2.75) is 30.1 Å². The normalized spacial score (nSPS) is 16.9. The van der Waals surface area contributed by atoms with Crippen molar-refractivity contribution in [3.63, 3.8) is 0 Å². The van der Waals surface area contributed by atoms with E-state index in [0.717, 1.165) is 0 Å². The fourth-order valence-corrected chi connectivity index (χ4v) is 2.39. The average Bonchev–Trinajstić information content (AvgIpc) is 2.32. The van der Waals surface area contributed by atoms with Gasteiger partial charge in [0.05, 0.1) is 5.56 Å². The zero-order valence-electron chi connectivity index (χ0n) is 10.6. The zero-order chi connectivity index (χ0) is 19.4. The molecular formula is C11H3BrF12. The van der Waals surface area contributed by atoms with E-state index in [2.05, 4.69) is 15.9 Å². The van der Waals surface area contributed by atoms with Gasteiger partial charge in [0.2, 0.25) is 0 Å². The van der Waals surface area contributed by atoms with Crippen LogP contribution in [0.2, 0.25) is 0 Å². The number of alkyl halides is 12. The molecule has 13 heteroatoms. The number of rotatable bonds is 2. The van der Waals surface area contributed by atoms with E-state index in [0.29, 0.717) is 6.07 Å². The van der Waals surface area contributed by atoms with Crippen molar-refractivity contribution in [2.75, 3.05) is 0 Å². The summed E-state index contributed by atoms with van der Waals surface area (Å²) in [5.74, 6) is -7.18. The first-order chi connectivity index (χ1) is 10.4. The predicted octanol–water partition coefficient (Wildman–Crippen LogP) is 6.39. The molecule has 1 rings (SSSR count). The zero-order valence-corrected chi connectivity index (χ0v) is 12.2. The molecule has 0 bridgehead atoms. The van der Waals surface area contributed by atoms with Crippen molar-refractivity contribution in [3.05, 3.63) is 33.8 Å². The van der Waals surface area contributed by atoms with Crippen LogP contribution >= 0.6 is 15.9 Å². The highest BCUT2D eigenvalue weighted by molar-refractivity contribution is 9.10. The lowest BCUT2D eigenvalue weighted by atomic mass is 9.84. The highest BCUT2D eigenvalue weighted by Crippen LogP contribution is 2.60. The second-order valence-electron chi connectivity index (χ2n) is 4.39. The summed E-state index contributed by atoms with van der Waals surface area (Å²) in [6, 6.07) is 0.247. The third-order valence-electron chi connectivity index (χ3n) is 2.85. The van der Waals surface area contributed by atoms with Crippen molar-refractivity contribution < 1.29 is 52.7 Å². The van der Waals surface area contributed by atoms with E-state index < -0.39 is 51.8 Å². The van der Waals surface area contributed by atoms with Crippen LogP contribution in [0.3, 0.4) is 0 Å². The lowest BCUT2D eigenvalue weighted by Gasteiger charge is -2.37. The van der Waals surface area contributed by atoms with Gasteiger partial charge in [-0.15, -0.1) is 0 Å². The first-order valence-electron chi connectivity index (χ1n) is 5.45. The molecule has 0 nitrogen and oxygen atoms in total. The highest BCUT2D eigenvalue weighted by Gasteiger charge is 2.82. The van der Waals surface area contributed by atoms with Crippen LogP contribution in [0.25, 0.3) is 0 Å². The summed E-state index contributed by atoms with van der Waals surface area (Å²) in [5, 5.41) is 0. The van der Waals surface area contributed by atoms with E-state index in [-0.39, 0.29) is 6.07 Å². The van der Waals surface area contributed by atoms with Gasteiger partial charge >= 0.3 is 30.1 Å². The maximum Gasteiger partial charge on any atom is 0.457 e. The molecule has 0 N–H and O–H groups in total. The Kier molecular flexibility index (Phi) is 4.96. The smallest absolute Gasteiger partial charge is 0.221 e. The van der Waals surface area contributed by atoms with E-state index in [1.165, 1.54) is 0 Å². The van der Waals surface area contributed by atoms with Gasteiger partial charge in [0.1, 0.15) is 0 Å². The van der Waals surface area contributed by atoms with Gasteiger partial charge in [-0.05, 0) is 6.07 Å². The fraction of sp³-hybridized carbons (Fsp3) is 0.455. The summed E-state index contributed by atoms with van der Waals surface area (Å²) in [6.07, 6.45) is -20.0.